The fraction of sp³-hybridized carbons (Fsp3) is 0.647. The van der Waals surface area contributed by atoms with Crippen LogP contribution in [0.3, 0.4) is 0 Å². The van der Waals surface area contributed by atoms with Gasteiger partial charge in [-0.2, -0.15) is 0 Å². The van der Waals surface area contributed by atoms with Gasteiger partial charge in [0.2, 0.25) is 0 Å². The van der Waals surface area contributed by atoms with Crippen LogP contribution in [0.4, 0.5) is 0 Å². The second-order valence-electron chi connectivity index (χ2n) is 5.54. The number of hydrogen-bond acceptors (Lipinski definition) is 2. The van der Waals surface area contributed by atoms with Gasteiger partial charge in [-0.15, -0.1) is 0 Å². The Morgan fingerprint density at radius 2 is 1.89 bits per heavy atom. The number of rotatable bonds is 8. The Morgan fingerprint density at radius 1 is 1.21 bits per heavy atom. The van der Waals surface area contributed by atoms with Crippen molar-refractivity contribution in [3.63, 3.8) is 0 Å². The molecule has 0 saturated carbocycles. The van der Waals surface area contributed by atoms with Crippen molar-refractivity contribution < 1.29 is 0 Å². The Bertz CT molecular complexity index is 362. The zero-order valence-electron chi connectivity index (χ0n) is 13.2. The minimum absolute atomic E-state index is 0.426. The van der Waals surface area contributed by atoms with Crippen LogP contribution >= 0.6 is 0 Å². The van der Waals surface area contributed by atoms with E-state index in [4.69, 9.17) is 0 Å². The Hall–Kier alpha value is -0.860. The molecular formula is C17H30N2. The van der Waals surface area contributed by atoms with Gasteiger partial charge in [0.25, 0.3) is 0 Å². The average Bonchev–Trinajstić information content (AvgIpc) is 2.39. The summed E-state index contributed by atoms with van der Waals surface area (Å²) in [4.78, 5) is 2.48. The molecule has 19 heavy (non-hydrogen) atoms. The largest absolute Gasteiger partial charge is 0.309 e. The van der Waals surface area contributed by atoms with Crippen LogP contribution in [-0.2, 0) is 0 Å². The number of nitrogens with zero attached hydrogens (tertiary/aromatic N) is 1. The molecule has 2 heteroatoms. The molecule has 0 aliphatic carbocycles. The van der Waals surface area contributed by atoms with E-state index in [-0.39, 0.29) is 0 Å². The van der Waals surface area contributed by atoms with Gasteiger partial charge in [0.05, 0.1) is 0 Å². The highest BCUT2D eigenvalue weighted by molar-refractivity contribution is 5.29. The number of nitrogens with one attached hydrogen (secondary N) is 1. The van der Waals surface area contributed by atoms with Gasteiger partial charge in [0, 0.05) is 18.6 Å². The predicted octanol–water partition coefficient (Wildman–Crippen LogP) is 3.77. The van der Waals surface area contributed by atoms with Crippen LogP contribution in [0.15, 0.2) is 24.3 Å². The molecule has 2 nitrogen and oxygen atoms in total. The first-order chi connectivity index (χ1) is 9.10. The van der Waals surface area contributed by atoms with Crippen molar-refractivity contribution in [3.05, 3.63) is 35.4 Å². The molecule has 0 spiro atoms. The highest BCUT2D eigenvalue weighted by atomic mass is 15.1. The maximum Gasteiger partial charge on any atom is 0.0451 e. The Kier molecular flexibility index (Phi) is 7.11. The maximum absolute atomic E-state index is 3.63. The van der Waals surface area contributed by atoms with Crippen molar-refractivity contribution in [2.75, 3.05) is 20.1 Å². The Balaban J connectivity index is 2.75. The lowest BCUT2D eigenvalue weighted by Gasteiger charge is -2.30. The monoisotopic (exact) mass is 262 g/mol. The van der Waals surface area contributed by atoms with E-state index in [1.54, 1.807) is 0 Å². The summed E-state index contributed by atoms with van der Waals surface area (Å²) in [5.74, 6) is 0. The lowest BCUT2D eigenvalue weighted by Crippen LogP contribution is -2.38. The van der Waals surface area contributed by atoms with Gasteiger partial charge in [-0.05, 0) is 45.0 Å². The molecule has 0 radical (unpaired) electrons. The van der Waals surface area contributed by atoms with Crippen LogP contribution in [0.25, 0.3) is 0 Å². The molecule has 108 valence electrons. The van der Waals surface area contributed by atoms with Crippen LogP contribution in [0.5, 0.6) is 0 Å². The first-order valence-electron chi connectivity index (χ1n) is 7.59. The van der Waals surface area contributed by atoms with E-state index in [0.29, 0.717) is 12.1 Å². The van der Waals surface area contributed by atoms with Gasteiger partial charge in [-0.25, -0.2) is 0 Å². The summed E-state index contributed by atoms with van der Waals surface area (Å²) in [5, 5.41) is 3.63. The van der Waals surface area contributed by atoms with Gasteiger partial charge in [-0.1, -0.05) is 44.5 Å². The van der Waals surface area contributed by atoms with Crippen molar-refractivity contribution in [3.8, 4) is 0 Å². The number of hydrogen-bond donors (Lipinski definition) is 1. The fourth-order valence-corrected chi connectivity index (χ4v) is 2.60. The van der Waals surface area contributed by atoms with Gasteiger partial charge >= 0.3 is 0 Å². The molecule has 0 amide bonds. The molecule has 1 rings (SSSR count). The zero-order valence-corrected chi connectivity index (χ0v) is 13.2. The van der Waals surface area contributed by atoms with Crippen LogP contribution in [-0.4, -0.2) is 31.1 Å². The standard InChI is InChI=1S/C17H30N2/c1-6-10-15(4)19(5)13-17(18-7-2)16-12-9-8-11-14(16)3/h8-9,11-12,15,17-18H,6-7,10,13H2,1-5H3. The Labute approximate surface area is 119 Å². The van der Waals surface area contributed by atoms with E-state index in [0.717, 1.165) is 13.1 Å². The second-order valence-corrected chi connectivity index (χ2v) is 5.54. The van der Waals surface area contributed by atoms with Crippen molar-refractivity contribution >= 4 is 0 Å². The molecule has 0 aromatic heterocycles. The minimum Gasteiger partial charge on any atom is -0.309 e. The quantitative estimate of drug-likeness (QED) is 0.767. The SMILES string of the molecule is CCCC(C)N(C)CC(NCC)c1ccccc1C. The fourth-order valence-electron chi connectivity index (χ4n) is 2.60. The maximum atomic E-state index is 3.63. The molecule has 2 unspecified atom stereocenters. The summed E-state index contributed by atoms with van der Waals surface area (Å²) in [6.07, 6.45) is 2.52. The molecule has 2 atom stereocenters. The van der Waals surface area contributed by atoms with Gasteiger partial charge in [0.15, 0.2) is 0 Å². The summed E-state index contributed by atoms with van der Waals surface area (Å²) in [6, 6.07) is 9.79. The first-order valence-corrected chi connectivity index (χ1v) is 7.59. The van der Waals surface area contributed by atoms with Crippen LogP contribution in [0.1, 0.15) is 50.8 Å². The smallest absolute Gasteiger partial charge is 0.0451 e. The van der Waals surface area contributed by atoms with Crippen molar-refractivity contribution in [1.29, 1.82) is 0 Å². The van der Waals surface area contributed by atoms with E-state index in [9.17, 15) is 0 Å². The number of aryl methyl sites for hydroxylation is 1. The van der Waals surface area contributed by atoms with Crippen LogP contribution in [0.2, 0.25) is 0 Å². The van der Waals surface area contributed by atoms with Crippen LogP contribution in [0, 0.1) is 6.92 Å². The van der Waals surface area contributed by atoms with E-state index in [1.807, 2.05) is 0 Å². The van der Waals surface area contributed by atoms with E-state index >= 15 is 0 Å². The van der Waals surface area contributed by atoms with Crippen molar-refractivity contribution in [2.45, 2.75) is 52.6 Å². The lowest BCUT2D eigenvalue weighted by atomic mass is 10.00. The predicted molar refractivity (Wildman–Crippen MR) is 84.6 cm³/mol. The molecule has 0 fully saturated rings. The average molecular weight is 262 g/mol. The number of benzene rings is 1. The third-order valence-electron chi connectivity index (χ3n) is 3.94. The highest BCUT2D eigenvalue weighted by Gasteiger charge is 2.17. The zero-order chi connectivity index (χ0) is 14.3. The molecule has 0 saturated heterocycles. The minimum atomic E-state index is 0.426. The topological polar surface area (TPSA) is 15.3 Å². The lowest BCUT2D eigenvalue weighted by molar-refractivity contribution is 0.219. The summed E-state index contributed by atoms with van der Waals surface area (Å²) in [7, 11) is 2.24. The summed E-state index contributed by atoms with van der Waals surface area (Å²) in [5.41, 5.74) is 2.81. The van der Waals surface area contributed by atoms with Crippen LogP contribution < -0.4 is 5.32 Å². The molecule has 0 heterocycles. The van der Waals surface area contributed by atoms with E-state index in [1.165, 1.54) is 24.0 Å². The third kappa shape index (κ3) is 4.96. The van der Waals surface area contributed by atoms with Gasteiger partial charge in [0.1, 0.15) is 0 Å². The summed E-state index contributed by atoms with van der Waals surface area (Å²) >= 11 is 0. The first kappa shape index (κ1) is 16.2. The molecule has 0 aliphatic rings. The van der Waals surface area contributed by atoms with Crippen molar-refractivity contribution in [1.82, 2.24) is 10.2 Å². The molecule has 1 aromatic carbocycles. The van der Waals surface area contributed by atoms with Gasteiger partial charge in [-0.3, -0.25) is 0 Å². The number of likely N-dealkylation sites (N-methyl/N-ethyl adjacent to an activating group) is 2. The van der Waals surface area contributed by atoms with E-state index < -0.39 is 0 Å². The molecule has 1 N–H and O–H groups in total. The molecule has 1 aromatic rings. The molecule has 0 aliphatic heterocycles. The highest BCUT2D eigenvalue weighted by Crippen LogP contribution is 2.19. The van der Waals surface area contributed by atoms with E-state index in [2.05, 4.69) is 69.2 Å². The van der Waals surface area contributed by atoms with Crippen molar-refractivity contribution in [2.24, 2.45) is 0 Å². The summed E-state index contributed by atoms with van der Waals surface area (Å²) < 4.78 is 0. The summed E-state index contributed by atoms with van der Waals surface area (Å²) in [6.45, 7) is 11.0. The Morgan fingerprint density at radius 3 is 2.47 bits per heavy atom. The molecule has 0 bridgehead atoms. The molecular weight excluding hydrogens is 232 g/mol. The van der Waals surface area contributed by atoms with Gasteiger partial charge < -0.3 is 10.2 Å². The third-order valence-corrected chi connectivity index (χ3v) is 3.94. The second kappa shape index (κ2) is 8.34. The normalized spacial score (nSPS) is 14.6.